The second-order valence-electron chi connectivity index (χ2n) is 11.5. The van der Waals surface area contributed by atoms with Crippen LogP contribution in [-0.2, 0) is 34.9 Å². The van der Waals surface area contributed by atoms with Gasteiger partial charge in [0.25, 0.3) is 0 Å². The second-order valence-corrected chi connectivity index (χ2v) is 13.5. The zero-order chi connectivity index (χ0) is 33.2. The summed E-state index contributed by atoms with van der Waals surface area (Å²) in [5, 5.41) is 11.0. The third-order valence-corrected chi connectivity index (χ3v) is 9.92. The number of sulfone groups is 1. The molecule has 0 radical (unpaired) electrons. The molecule has 1 atom stereocenters. The first kappa shape index (κ1) is 32.3. The lowest BCUT2D eigenvalue weighted by Gasteiger charge is -2.36. The zero-order valence-electron chi connectivity index (χ0n) is 25.2. The molecule has 0 amide bonds. The Bertz CT molecular complexity index is 1810. The van der Waals surface area contributed by atoms with Crippen LogP contribution < -0.4 is 14.4 Å². The summed E-state index contributed by atoms with van der Waals surface area (Å²) in [5.74, 6) is 0.0794. The van der Waals surface area contributed by atoms with Gasteiger partial charge in [-0.2, -0.15) is 13.2 Å². The number of alkyl halides is 3. The van der Waals surface area contributed by atoms with Gasteiger partial charge < -0.3 is 24.5 Å². The molecule has 6 rings (SSSR count). The molecule has 4 aromatic rings. The van der Waals surface area contributed by atoms with Crippen molar-refractivity contribution in [1.82, 2.24) is 14.5 Å². The Hall–Kier alpha value is -4.63. The molecular weight excluding hydrogens is 639 g/mol. The molecule has 47 heavy (non-hydrogen) atoms. The monoisotopic (exact) mass is 671 g/mol. The summed E-state index contributed by atoms with van der Waals surface area (Å²) in [7, 11) is -3.72. The SMILES string of the molecule is O=[N+]([O-])c1cn2c(n1)OC(COc1ccc(N3CCN(Cc4ccc(S(=O)(=O)Cc5ccc(C(F)(F)F)cc5)cc4)CC3)cc1)CC2. The Balaban J connectivity index is 0.949. The number of aromatic nitrogens is 2. The Morgan fingerprint density at radius 3 is 2.21 bits per heavy atom. The van der Waals surface area contributed by atoms with Crippen molar-refractivity contribution in [2.75, 3.05) is 37.7 Å². The average molecular weight is 672 g/mol. The molecule has 248 valence electrons. The lowest BCUT2D eigenvalue weighted by molar-refractivity contribution is -0.389. The molecule has 3 heterocycles. The lowest BCUT2D eigenvalue weighted by Crippen LogP contribution is -2.45. The van der Waals surface area contributed by atoms with Gasteiger partial charge in [-0.3, -0.25) is 9.47 Å². The smallest absolute Gasteiger partial charge is 0.416 e. The Labute approximate surface area is 269 Å². The zero-order valence-corrected chi connectivity index (χ0v) is 26.0. The van der Waals surface area contributed by atoms with E-state index in [2.05, 4.69) is 14.8 Å². The number of hydrogen-bond acceptors (Lipinski definition) is 9. The minimum atomic E-state index is -4.47. The number of nitro groups is 1. The van der Waals surface area contributed by atoms with Gasteiger partial charge in [0.05, 0.1) is 16.2 Å². The standard InChI is InChI=1S/C32H32F3N5O6S/c33-32(34,35)25-5-1-24(2-6-25)22-47(43,44)29-11-3-23(4-12-29)19-37-15-17-38(18-16-37)26-7-9-27(10-8-26)45-21-28-13-14-39-20-30(40(41)42)36-31(39)46-28/h1-12,20,28H,13-19,21-22H2. The summed E-state index contributed by atoms with van der Waals surface area (Å²) in [6.07, 6.45) is -2.71. The van der Waals surface area contributed by atoms with E-state index in [9.17, 15) is 31.7 Å². The number of aryl methyl sites for hydroxylation is 1. The fourth-order valence-corrected chi connectivity index (χ4v) is 6.94. The molecule has 2 aliphatic rings. The number of imidazole rings is 1. The van der Waals surface area contributed by atoms with Crippen molar-refractivity contribution in [2.24, 2.45) is 0 Å². The quantitative estimate of drug-likeness (QED) is 0.163. The molecule has 11 nitrogen and oxygen atoms in total. The van der Waals surface area contributed by atoms with E-state index in [1.807, 2.05) is 24.3 Å². The maximum absolute atomic E-state index is 12.9. The van der Waals surface area contributed by atoms with E-state index in [-0.39, 0.29) is 28.6 Å². The predicted molar refractivity (Wildman–Crippen MR) is 166 cm³/mol. The largest absolute Gasteiger partial charge is 0.490 e. The van der Waals surface area contributed by atoms with E-state index in [4.69, 9.17) is 9.47 Å². The molecule has 1 saturated heterocycles. The van der Waals surface area contributed by atoms with Gasteiger partial charge in [0, 0.05) is 56.4 Å². The molecule has 1 aromatic heterocycles. The minimum Gasteiger partial charge on any atom is -0.490 e. The van der Waals surface area contributed by atoms with Gasteiger partial charge >= 0.3 is 18.0 Å². The third kappa shape index (κ3) is 7.85. The van der Waals surface area contributed by atoms with Crippen molar-refractivity contribution in [2.45, 2.75) is 42.4 Å². The van der Waals surface area contributed by atoms with Gasteiger partial charge in [-0.25, -0.2) is 8.42 Å². The van der Waals surface area contributed by atoms with Crippen molar-refractivity contribution in [1.29, 1.82) is 0 Å². The van der Waals surface area contributed by atoms with E-state index < -0.39 is 26.5 Å². The van der Waals surface area contributed by atoms with Gasteiger partial charge in [-0.15, -0.1) is 0 Å². The summed E-state index contributed by atoms with van der Waals surface area (Å²) in [5.41, 5.74) is 1.52. The highest BCUT2D eigenvalue weighted by Gasteiger charge is 2.31. The fourth-order valence-electron chi connectivity index (χ4n) is 5.60. The minimum absolute atomic E-state index is 0.128. The van der Waals surface area contributed by atoms with Crippen LogP contribution >= 0.6 is 0 Å². The van der Waals surface area contributed by atoms with Crippen LogP contribution in [0.25, 0.3) is 0 Å². The topological polar surface area (TPSA) is 120 Å². The van der Waals surface area contributed by atoms with E-state index in [0.29, 0.717) is 37.4 Å². The number of fused-ring (bicyclic) bond motifs is 1. The number of benzene rings is 3. The van der Waals surface area contributed by atoms with Crippen LogP contribution in [0.4, 0.5) is 24.7 Å². The highest BCUT2D eigenvalue weighted by Crippen LogP contribution is 2.30. The van der Waals surface area contributed by atoms with E-state index in [1.165, 1.54) is 18.3 Å². The molecule has 0 N–H and O–H groups in total. The van der Waals surface area contributed by atoms with Gasteiger partial charge in [-0.05, 0) is 64.6 Å². The van der Waals surface area contributed by atoms with E-state index in [0.717, 1.165) is 49.6 Å². The maximum atomic E-state index is 12.9. The molecule has 0 saturated carbocycles. The average Bonchev–Trinajstić information content (AvgIpc) is 3.49. The first-order valence-corrected chi connectivity index (χ1v) is 16.6. The number of hydrogen-bond donors (Lipinski definition) is 0. The maximum Gasteiger partial charge on any atom is 0.416 e. The van der Waals surface area contributed by atoms with Crippen LogP contribution in [0.1, 0.15) is 23.1 Å². The summed E-state index contributed by atoms with van der Waals surface area (Å²) in [6.45, 7) is 4.79. The van der Waals surface area contributed by atoms with Gasteiger partial charge in [0.15, 0.2) is 9.84 Å². The summed E-state index contributed by atoms with van der Waals surface area (Å²) in [6, 6.07) is 18.9. The van der Waals surface area contributed by atoms with Crippen LogP contribution in [0, 0.1) is 10.1 Å². The van der Waals surface area contributed by atoms with Gasteiger partial charge in [0.1, 0.15) is 24.7 Å². The molecule has 1 unspecified atom stereocenters. The molecule has 3 aromatic carbocycles. The van der Waals surface area contributed by atoms with Crippen LogP contribution in [0.2, 0.25) is 0 Å². The molecule has 15 heteroatoms. The first-order valence-electron chi connectivity index (χ1n) is 15.0. The van der Waals surface area contributed by atoms with Crippen molar-refractivity contribution >= 4 is 21.3 Å². The van der Waals surface area contributed by atoms with Gasteiger partial charge in [0.2, 0.25) is 0 Å². The molecular formula is C32H32F3N5O6S. The number of nitrogens with zero attached hydrogens (tertiary/aromatic N) is 5. The Kier molecular flexibility index (Phi) is 9.10. The highest BCUT2D eigenvalue weighted by molar-refractivity contribution is 7.90. The highest BCUT2D eigenvalue weighted by atomic mass is 32.2. The number of piperazine rings is 1. The molecule has 1 fully saturated rings. The number of anilines is 1. The van der Waals surface area contributed by atoms with E-state index >= 15 is 0 Å². The summed E-state index contributed by atoms with van der Waals surface area (Å²) < 4.78 is 77.5. The summed E-state index contributed by atoms with van der Waals surface area (Å²) >= 11 is 0. The molecule has 0 bridgehead atoms. The van der Waals surface area contributed by atoms with Crippen molar-refractivity contribution in [3.8, 4) is 11.8 Å². The normalized spacial score (nSPS) is 17.2. The molecule has 2 aliphatic heterocycles. The number of halogens is 3. The van der Waals surface area contributed by atoms with Crippen molar-refractivity contribution < 1.29 is 36.0 Å². The Morgan fingerprint density at radius 1 is 0.915 bits per heavy atom. The van der Waals surface area contributed by atoms with Crippen LogP contribution in [0.5, 0.6) is 11.8 Å². The van der Waals surface area contributed by atoms with Crippen LogP contribution in [-0.4, -0.2) is 66.7 Å². The number of ether oxygens (including phenoxy) is 2. The fraction of sp³-hybridized carbons (Fsp3) is 0.344. The Morgan fingerprint density at radius 2 is 1.57 bits per heavy atom. The number of rotatable bonds is 10. The van der Waals surface area contributed by atoms with Gasteiger partial charge in [-0.1, -0.05) is 24.3 Å². The second kappa shape index (κ2) is 13.2. The first-order chi connectivity index (χ1) is 22.4. The van der Waals surface area contributed by atoms with Crippen LogP contribution in [0.15, 0.2) is 83.9 Å². The van der Waals surface area contributed by atoms with Crippen molar-refractivity contribution in [3.63, 3.8) is 0 Å². The van der Waals surface area contributed by atoms with Crippen molar-refractivity contribution in [3.05, 3.63) is 106 Å². The lowest BCUT2D eigenvalue weighted by atomic mass is 10.1. The molecule has 0 spiro atoms. The summed E-state index contributed by atoms with van der Waals surface area (Å²) in [4.78, 5) is 19.0. The van der Waals surface area contributed by atoms with Crippen LogP contribution in [0.3, 0.4) is 0 Å². The third-order valence-electron chi connectivity index (χ3n) is 8.21. The predicted octanol–water partition coefficient (Wildman–Crippen LogP) is 5.34. The molecule has 0 aliphatic carbocycles. The van der Waals surface area contributed by atoms with E-state index in [1.54, 1.807) is 28.8 Å².